The van der Waals surface area contributed by atoms with E-state index < -0.39 is 47.1 Å². The van der Waals surface area contributed by atoms with Gasteiger partial charge in [0.15, 0.2) is 0 Å². The topological polar surface area (TPSA) is 271 Å². The molecule has 0 bridgehead atoms. The number of carbonyl (C=O) groups is 8. The maximum Gasteiger partial charge on any atom is 0.367 e. The fourth-order valence-corrected chi connectivity index (χ4v) is 6.23. The molecule has 2 atom stereocenters. The summed E-state index contributed by atoms with van der Waals surface area (Å²) in [5.41, 5.74) is 6.31. The summed E-state index contributed by atoms with van der Waals surface area (Å²) in [6, 6.07) is 3.81. The number of nitrogens with one attached hydrogen (secondary N) is 5. The Labute approximate surface area is 362 Å². The lowest BCUT2D eigenvalue weighted by molar-refractivity contribution is -0.138. The molecule has 342 valence electrons. The van der Waals surface area contributed by atoms with E-state index in [1.807, 2.05) is 23.6 Å². The van der Waals surface area contributed by atoms with Crippen LogP contribution in [0.3, 0.4) is 0 Å². The molecule has 2 rings (SSSR count). The first kappa shape index (κ1) is 52.3. The number of aliphatic carboxylic acids is 1. The van der Waals surface area contributed by atoms with Crippen LogP contribution in [0.1, 0.15) is 52.5 Å². The predicted molar refractivity (Wildman–Crippen MR) is 230 cm³/mol. The lowest BCUT2D eigenvalue weighted by Gasteiger charge is -2.28. The van der Waals surface area contributed by atoms with Crippen molar-refractivity contribution in [3.63, 3.8) is 0 Å². The van der Waals surface area contributed by atoms with Gasteiger partial charge in [0.2, 0.25) is 23.6 Å². The van der Waals surface area contributed by atoms with Crippen LogP contribution in [0, 0.1) is 11.8 Å². The van der Waals surface area contributed by atoms with Crippen molar-refractivity contribution in [3.8, 4) is 0 Å². The minimum Gasteiger partial charge on any atom is -0.480 e. The molecule has 0 spiro atoms. The number of primary amides is 1. The summed E-state index contributed by atoms with van der Waals surface area (Å²) in [5, 5.41) is 22.7. The molecule has 1 saturated heterocycles. The lowest BCUT2D eigenvalue weighted by Crippen LogP contribution is -2.56. The van der Waals surface area contributed by atoms with Crippen LogP contribution in [0.4, 0.5) is 15.3 Å². The number of urea groups is 1. The van der Waals surface area contributed by atoms with Gasteiger partial charge < -0.3 is 46.9 Å². The van der Waals surface area contributed by atoms with Crippen LogP contribution < -0.4 is 32.3 Å². The highest BCUT2D eigenvalue weighted by Crippen LogP contribution is 2.14. The van der Waals surface area contributed by atoms with E-state index >= 15 is 0 Å². The average molecular weight is 880 g/mol. The Kier molecular flexibility index (Phi) is 24.6. The summed E-state index contributed by atoms with van der Waals surface area (Å²) < 4.78 is 10.6. The van der Waals surface area contributed by atoms with Gasteiger partial charge in [-0.1, -0.05) is 39.8 Å². The van der Waals surface area contributed by atoms with Crippen molar-refractivity contribution in [2.75, 3.05) is 96.8 Å². The number of nitrogens with two attached hydrogens (primary N) is 1. The third-order valence-corrected chi connectivity index (χ3v) is 10.1. The monoisotopic (exact) mass is 879 g/mol. The van der Waals surface area contributed by atoms with Crippen LogP contribution in [0.2, 0.25) is 0 Å². The number of thioether (sulfide) groups is 1. The van der Waals surface area contributed by atoms with Crippen LogP contribution in [0.5, 0.6) is 0 Å². The summed E-state index contributed by atoms with van der Waals surface area (Å²) in [7, 11) is 0. The van der Waals surface area contributed by atoms with Crippen molar-refractivity contribution >= 4 is 64.2 Å². The SMILES string of the molecule is CSC(=O)OCc1ccc(NC(=O)[C@H](CCCNC(N)=O)NC(=O)[C@@H](NC(=O)CN2CCN(CC(=O)O)CCN(CC(=O)NCCOCCC(=O)C(C)C)CC2)C(C)C)cc1. The summed E-state index contributed by atoms with van der Waals surface area (Å²) in [4.78, 5) is 105. The molecule has 0 aliphatic carbocycles. The molecule has 0 aromatic heterocycles. The first-order chi connectivity index (χ1) is 29.0. The van der Waals surface area contributed by atoms with Gasteiger partial charge in [-0.2, -0.15) is 0 Å². The molecule has 20 nitrogen and oxygen atoms in total. The molecule has 0 saturated carbocycles. The number of hydrogen-bond acceptors (Lipinski definition) is 14. The van der Waals surface area contributed by atoms with Gasteiger partial charge >= 0.3 is 17.3 Å². The Morgan fingerprint density at radius 1 is 0.770 bits per heavy atom. The Morgan fingerprint density at radius 2 is 1.36 bits per heavy atom. The maximum atomic E-state index is 13.8. The van der Waals surface area contributed by atoms with Crippen molar-refractivity contribution in [1.82, 2.24) is 36.0 Å². The second-order valence-electron chi connectivity index (χ2n) is 15.3. The molecule has 6 amide bonds. The number of anilines is 1. The average Bonchev–Trinajstić information content (AvgIpc) is 3.28. The molecule has 0 unspecified atom stereocenters. The molecule has 1 aliphatic rings. The first-order valence-electron chi connectivity index (χ1n) is 20.5. The van der Waals surface area contributed by atoms with Crippen LogP contribution in [0.15, 0.2) is 24.3 Å². The van der Waals surface area contributed by atoms with Gasteiger partial charge in [0.1, 0.15) is 24.5 Å². The molecule has 1 aromatic rings. The number of Topliss-reactive ketones (excluding diaryl/α,β-unsaturated/α-hetero) is 1. The standard InChI is InChI=1S/C40H65N9O11S/c1-27(2)32(50)12-21-59-22-14-42-33(51)23-47-15-16-48(18-20-49(19-17-47)25-35(53)54)24-34(52)46-36(28(3)4)38(56)45-31(7-6-13-43-39(41)57)37(55)44-30-10-8-29(9-11-30)26-60-40(58)61-5/h8-11,27-28,31,36H,6-7,12-26H2,1-5H3,(H,42,51)(H,44,55)(H,45,56)(H,46,52)(H,53,54)(H3,41,43,57)/t31-,36-/m0/s1. The summed E-state index contributed by atoms with van der Waals surface area (Å²) in [6.07, 6.45) is 2.34. The number of carboxylic acid groups (broad SMARTS) is 1. The number of nitrogens with zero attached hydrogens (tertiary/aromatic N) is 3. The van der Waals surface area contributed by atoms with Crippen molar-refractivity contribution in [2.45, 2.75) is 65.6 Å². The van der Waals surface area contributed by atoms with Gasteiger partial charge in [0.05, 0.1) is 32.8 Å². The zero-order valence-electron chi connectivity index (χ0n) is 36.0. The summed E-state index contributed by atoms with van der Waals surface area (Å²) in [6.45, 7) is 10.1. The number of ketones is 1. The zero-order chi connectivity index (χ0) is 45.3. The lowest BCUT2D eigenvalue weighted by atomic mass is 10.0. The second kappa shape index (κ2) is 28.7. The number of benzene rings is 1. The Balaban J connectivity index is 2.06. The van der Waals surface area contributed by atoms with Gasteiger partial charge in [0.25, 0.3) is 0 Å². The van der Waals surface area contributed by atoms with Crippen LogP contribution >= 0.6 is 11.8 Å². The molecule has 1 aliphatic heterocycles. The van der Waals surface area contributed by atoms with Crippen molar-refractivity contribution in [3.05, 3.63) is 29.8 Å². The normalized spacial score (nSPS) is 15.1. The minimum atomic E-state index is -1.06. The van der Waals surface area contributed by atoms with E-state index in [1.165, 1.54) is 0 Å². The largest absolute Gasteiger partial charge is 0.480 e. The molecule has 0 radical (unpaired) electrons. The third kappa shape index (κ3) is 22.5. The highest BCUT2D eigenvalue weighted by molar-refractivity contribution is 8.12. The predicted octanol–water partition coefficient (Wildman–Crippen LogP) is 0.451. The van der Waals surface area contributed by atoms with Crippen LogP contribution in [-0.4, -0.2) is 170 Å². The van der Waals surface area contributed by atoms with Gasteiger partial charge in [-0.3, -0.25) is 43.5 Å². The van der Waals surface area contributed by atoms with E-state index in [4.69, 9.17) is 15.2 Å². The molecule has 8 N–H and O–H groups in total. The highest BCUT2D eigenvalue weighted by Gasteiger charge is 2.30. The molecule has 61 heavy (non-hydrogen) atoms. The molecular weight excluding hydrogens is 815 g/mol. The summed E-state index contributed by atoms with van der Waals surface area (Å²) >= 11 is 0.950. The third-order valence-electron chi connectivity index (χ3n) is 9.61. The van der Waals surface area contributed by atoms with Crippen LogP contribution in [-0.2, 0) is 44.8 Å². The van der Waals surface area contributed by atoms with Crippen molar-refractivity contribution < 1.29 is 52.9 Å². The van der Waals surface area contributed by atoms with E-state index in [9.17, 15) is 43.5 Å². The van der Waals surface area contributed by atoms with Crippen molar-refractivity contribution in [2.24, 2.45) is 17.6 Å². The Bertz CT molecular complexity index is 1600. The second-order valence-corrected chi connectivity index (χ2v) is 16.0. The van der Waals surface area contributed by atoms with Gasteiger partial charge in [-0.05, 0) is 54.5 Å². The van der Waals surface area contributed by atoms with Crippen LogP contribution in [0.25, 0.3) is 0 Å². The Morgan fingerprint density at radius 3 is 1.90 bits per heavy atom. The zero-order valence-corrected chi connectivity index (χ0v) is 36.8. The molecule has 1 aromatic carbocycles. The van der Waals surface area contributed by atoms with Gasteiger partial charge in [0, 0.05) is 70.4 Å². The van der Waals surface area contributed by atoms with E-state index in [2.05, 4.69) is 26.6 Å². The molecule has 21 heteroatoms. The number of hydrogen-bond donors (Lipinski definition) is 7. The molecule has 1 fully saturated rings. The van der Waals surface area contributed by atoms with Gasteiger partial charge in [-0.25, -0.2) is 9.59 Å². The smallest absolute Gasteiger partial charge is 0.367 e. The van der Waals surface area contributed by atoms with E-state index in [1.54, 1.807) is 49.3 Å². The van der Waals surface area contributed by atoms with Crippen molar-refractivity contribution in [1.29, 1.82) is 0 Å². The fourth-order valence-electron chi connectivity index (χ4n) is 6.05. The first-order valence-corrected chi connectivity index (χ1v) is 21.7. The maximum absolute atomic E-state index is 13.8. The number of ether oxygens (including phenoxy) is 2. The molecule has 1 heterocycles. The molecular formula is C40H65N9O11S. The van der Waals surface area contributed by atoms with Gasteiger partial charge in [-0.15, -0.1) is 0 Å². The highest BCUT2D eigenvalue weighted by atomic mass is 32.2. The number of carboxylic acids is 1. The number of amides is 6. The Hall–Kier alpha value is -4.83. The summed E-state index contributed by atoms with van der Waals surface area (Å²) in [5.74, 6) is -3.20. The van der Waals surface area contributed by atoms with E-state index in [0.29, 0.717) is 63.4 Å². The quantitative estimate of drug-likeness (QED) is 0.0519. The number of rotatable bonds is 25. The number of carbonyl (C=O) groups excluding carboxylic acids is 7. The van der Waals surface area contributed by atoms with E-state index in [-0.39, 0.29) is 82.5 Å². The minimum absolute atomic E-state index is 0.0382. The fraction of sp³-hybridized carbons (Fsp3) is 0.650. The van der Waals surface area contributed by atoms with E-state index in [0.717, 1.165) is 11.8 Å².